The van der Waals surface area contributed by atoms with Gasteiger partial charge >= 0.3 is 0 Å². The third kappa shape index (κ3) is 2.70. The highest BCUT2D eigenvalue weighted by atomic mass is 16.2. The van der Waals surface area contributed by atoms with E-state index in [2.05, 4.69) is 10.3 Å². The van der Waals surface area contributed by atoms with Crippen LogP contribution < -0.4 is 11.1 Å². The molecule has 18 heavy (non-hydrogen) atoms. The van der Waals surface area contributed by atoms with Crippen LogP contribution in [0, 0.1) is 0 Å². The number of primary amides is 1. The van der Waals surface area contributed by atoms with Crippen LogP contribution in [0.2, 0.25) is 0 Å². The summed E-state index contributed by atoms with van der Waals surface area (Å²) in [6.45, 7) is 0. The molecule has 0 radical (unpaired) electrons. The Morgan fingerprint density at radius 3 is 2.33 bits per heavy atom. The standard InChI is InChI=1S/C13H11N3O2/c14-12(17)11-7-6-10(8-15-11)16-13(18)9-4-2-1-3-5-9/h1-8H,(H2,14,17)(H,16,18). The number of nitrogens with two attached hydrogens (primary N) is 1. The maximum absolute atomic E-state index is 11.8. The average molecular weight is 241 g/mol. The first-order valence-corrected chi connectivity index (χ1v) is 5.29. The van der Waals surface area contributed by atoms with E-state index in [0.717, 1.165) is 0 Å². The van der Waals surface area contributed by atoms with Gasteiger partial charge in [0, 0.05) is 5.56 Å². The zero-order valence-corrected chi connectivity index (χ0v) is 9.46. The number of hydrogen-bond acceptors (Lipinski definition) is 3. The van der Waals surface area contributed by atoms with E-state index in [-0.39, 0.29) is 11.6 Å². The minimum absolute atomic E-state index is 0.160. The fraction of sp³-hybridized carbons (Fsp3) is 0. The molecule has 0 spiro atoms. The summed E-state index contributed by atoms with van der Waals surface area (Å²) < 4.78 is 0. The van der Waals surface area contributed by atoms with Crippen LogP contribution in [-0.4, -0.2) is 16.8 Å². The lowest BCUT2D eigenvalue weighted by Gasteiger charge is -2.04. The van der Waals surface area contributed by atoms with E-state index < -0.39 is 5.91 Å². The molecular weight excluding hydrogens is 230 g/mol. The Hall–Kier alpha value is -2.69. The van der Waals surface area contributed by atoms with Crippen LogP contribution >= 0.6 is 0 Å². The molecule has 90 valence electrons. The highest BCUT2D eigenvalue weighted by Crippen LogP contribution is 2.08. The third-order valence-electron chi connectivity index (χ3n) is 2.31. The average Bonchev–Trinajstić information content (AvgIpc) is 2.40. The summed E-state index contributed by atoms with van der Waals surface area (Å²) in [4.78, 5) is 26.5. The number of nitrogens with zero attached hydrogens (tertiary/aromatic N) is 1. The van der Waals surface area contributed by atoms with E-state index in [1.807, 2.05) is 6.07 Å². The zero-order valence-electron chi connectivity index (χ0n) is 9.46. The van der Waals surface area contributed by atoms with E-state index in [1.165, 1.54) is 12.3 Å². The lowest BCUT2D eigenvalue weighted by molar-refractivity contribution is 0.0994. The molecule has 0 fully saturated rings. The van der Waals surface area contributed by atoms with Crippen molar-refractivity contribution in [3.05, 3.63) is 59.9 Å². The first-order chi connectivity index (χ1) is 8.66. The molecule has 0 unspecified atom stereocenters. The summed E-state index contributed by atoms with van der Waals surface area (Å²) in [5.74, 6) is -0.833. The van der Waals surface area contributed by atoms with Crippen molar-refractivity contribution >= 4 is 17.5 Å². The second-order valence-corrected chi connectivity index (χ2v) is 3.62. The van der Waals surface area contributed by atoms with Gasteiger partial charge in [-0.05, 0) is 24.3 Å². The van der Waals surface area contributed by atoms with Gasteiger partial charge in [0.05, 0.1) is 11.9 Å². The molecule has 3 N–H and O–H groups in total. The molecule has 2 amide bonds. The van der Waals surface area contributed by atoms with Gasteiger partial charge in [0.2, 0.25) is 0 Å². The SMILES string of the molecule is NC(=O)c1ccc(NC(=O)c2ccccc2)cn1. The van der Waals surface area contributed by atoms with Crippen molar-refractivity contribution < 1.29 is 9.59 Å². The molecule has 5 heteroatoms. The number of pyridine rings is 1. The molecule has 0 saturated carbocycles. The van der Waals surface area contributed by atoms with Gasteiger partial charge in [0.25, 0.3) is 11.8 Å². The normalized spacial score (nSPS) is 9.78. The van der Waals surface area contributed by atoms with E-state index in [1.54, 1.807) is 30.3 Å². The Labute approximate surface area is 104 Å². The van der Waals surface area contributed by atoms with Gasteiger partial charge in [-0.2, -0.15) is 0 Å². The molecule has 2 rings (SSSR count). The molecule has 0 saturated heterocycles. The van der Waals surface area contributed by atoms with Crippen LogP contribution in [0.25, 0.3) is 0 Å². The Balaban J connectivity index is 2.10. The molecular formula is C13H11N3O2. The van der Waals surface area contributed by atoms with Crippen molar-refractivity contribution in [2.75, 3.05) is 5.32 Å². The van der Waals surface area contributed by atoms with Crippen molar-refractivity contribution in [3.8, 4) is 0 Å². The number of nitrogens with one attached hydrogen (secondary N) is 1. The van der Waals surface area contributed by atoms with Gasteiger partial charge in [-0.15, -0.1) is 0 Å². The van der Waals surface area contributed by atoms with Gasteiger partial charge in [0.1, 0.15) is 5.69 Å². The lowest BCUT2D eigenvalue weighted by atomic mass is 10.2. The van der Waals surface area contributed by atoms with Gasteiger partial charge in [-0.1, -0.05) is 18.2 Å². The highest BCUT2D eigenvalue weighted by molar-refractivity contribution is 6.04. The number of aromatic nitrogens is 1. The lowest BCUT2D eigenvalue weighted by Crippen LogP contribution is -2.14. The summed E-state index contributed by atoms with van der Waals surface area (Å²) in [7, 11) is 0. The predicted octanol–water partition coefficient (Wildman–Crippen LogP) is 1.43. The summed E-state index contributed by atoms with van der Waals surface area (Å²) in [5.41, 5.74) is 6.29. The maximum Gasteiger partial charge on any atom is 0.267 e. The molecule has 0 atom stereocenters. The number of benzene rings is 1. The number of amides is 2. The van der Waals surface area contributed by atoms with Crippen LogP contribution in [0.5, 0.6) is 0 Å². The summed E-state index contributed by atoms with van der Waals surface area (Å²) in [6.07, 6.45) is 1.39. The smallest absolute Gasteiger partial charge is 0.267 e. The van der Waals surface area contributed by atoms with E-state index in [9.17, 15) is 9.59 Å². The van der Waals surface area contributed by atoms with Crippen molar-refractivity contribution in [1.29, 1.82) is 0 Å². The molecule has 1 heterocycles. The first kappa shape index (κ1) is 11.8. The predicted molar refractivity (Wildman–Crippen MR) is 67.2 cm³/mol. The van der Waals surface area contributed by atoms with E-state index in [4.69, 9.17) is 5.73 Å². The van der Waals surface area contributed by atoms with Crippen LogP contribution in [0.4, 0.5) is 5.69 Å². The summed E-state index contributed by atoms with van der Waals surface area (Å²) >= 11 is 0. The Morgan fingerprint density at radius 1 is 1.06 bits per heavy atom. The third-order valence-corrected chi connectivity index (χ3v) is 2.31. The van der Waals surface area contributed by atoms with Crippen LogP contribution in [0.1, 0.15) is 20.8 Å². The minimum atomic E-state index is -0.601. The van der Waals surface area contributed by atoms with Crippen LogP contribution in [-0.2, 0) is 0 Å². The van der Waals surface area contributed by atoms with Crippen molar-refractivity contribution in [2.45, 2.75) is 0 Å². The van der Waals surface area contributed by atoms with Crippen LogP contribution in [0.3, 0.4) is 0 Å². The molecule has 1 aromatic heterocycles. The maximum atomic E-state index is 11.8. The molecule has 0 aliphatic heterocycles. The fourth-order valence-corrected chi connectivity index (χ4v) is 1.41. The van der Waals surface area contributed by atoms with Crippen molar-refractivity contribution in [2.24, 2.45) is 5.73 Å². The van der Waals surface area contributed by atoms with Gasteiger partial charge in [-0.3, -0.25) is 9.59 Å². The number of carbonyl (C=O) groups excluding carboxylic acids is 2. The van der Waals surface area contributed by atoms with E-state index in [0.29, 0.717) is 11.3 Å². The first-order valence-electron chi connectivity index (χ1n) is 5.29. The van der Waals surface area contributed by atoms with Gasteiger partial charge < -0.3 is 11.1 Å². The van der Waals surface area contributed by atoms with Crippen molar-refractivity contribution in [3.63, 3.8) is 0 Å². The Morgan fingerprint density at radius 2 is 1.78 bits per heavy atom. The summed E-state index contributed by atoms with van der Waals surface area (Å²) in [5, 5.41) is 2.67. The fourth-order valence-electron chi connectivity index (χ4n) is 1.41. The second-order valence-electron chi connectivity index (χ2n) is 3.62. The van der Waals surface area contributed by atoms with Gasteiger partial charge in [-0.25, -0.2) is 4.98 Å². The highest BCUT2D eigenvalue weighted by Gasteiger charge is 2.06. The number of carbonyl (C=O) groups is 2. The Bertz CT molecular complexity index is 565. The quantitative estimate of drug-likeness (QED) is 0.852. The Kier molecular flexibility index (Phi) is 3.33. The number of hydrogen-bond donors (Lipinski definition) is 2. The zero-order chi connectivity index (χ0) is 13.0. The molecule has 0 aliphatic rings. The molecule has 0 aliphatic carbocycles. The monoisotopic (exact) mass is 241 g/mol. The molecule has 1 aromatic carbocycles. The molecule has 5 nitrogen and oxygen atoms in total. The molecule has 0 bridgehead atoms. The number of anilines is 1. The second kappa shape index (κ2) is 5.09. The topological polar surface area (TPSA) is 85.1 Å². The largest absolute Gasteiger partial charge is 0.364 e. The van der Waals surface area contributed by atoms with Gasteiger partial charge in [0.15, 0.2) is 0 Å². The summed E-state index contributed by atoms with van der Waals surface area (Å²) in [6, 6.07) is 11.9. The number of rotatable bonds is 3. The van der Waals surface area contributed by atoms with Crippen molar-refractivity contribution in [1.82, 2.24) is 4.98 Å². The van der Waals surface area contributed by atoms with E-state index >= 15 is 0 Å². The minimum Gasteiger partial charge on any atom is -0.364 e. The molecule has 2 aromatic rings. The van der Waals surface area contributed by atoms with Crippen LogP contribution in [0.15, 0.2) is 48.7 Å².